The van der Waals surface area contributed by atoms with Gasteiger partial charge in [0.2, 0.25) is 17.7 Å². The zero-order chi connectivity index (χ0) is 23.7. The Morgan fingerprint density at radius 3 is 1.71 bits per heavy atom. The third-order valence-electron chi connectivity index (χ3n) is 4.86. The molecule has 0 aliphatic rings. The van der Waals surface area contributed by atoms with E-state index in [2.05, 4.69) is 16.0 Å². The van der Waals surface area contributed by atoms with Gasteiger partial charge in [0, 0.05) is 0 Å². The maximum Gasteiger partial charge on any atom is 0.325 e. The lowest BCUT2D eigenvalue weighted by molar-refractivity contribution is -0.142. The van der Waals surface area contributed by atoms with Crippen molar-refractivity contribution in [2.24, 2.45) is 17.6 Å². The monoisotopic (exact) mass is 434 g/mol. The van der Waals surface area contributed by atoms with Crippen LogP contribution in [0.4, 0.5) is 0 Å². The Kier molecular flexibility index (Phi) is 10.1. The fraction of sp³-hybridized carbons (Fsp3) is 0.545. The molecule has 1 rings (SSSR count). The van der Waals surface area contributed by atoms with Crippen LogP contribution >= 0.6 is 0 Å². The van der Waals surface area contributed by atoms with Crippen molar-refractivity contribution in [1.29, 1.82) is 0 Å². The van der Waals surface area contributed by atoms with E-state index in [-0.39, 0.29) is 11.8 Å². The molecule has 0 aromatic heterocycles. The molecule has 4 atom stereocenters. The molecule has 0 saturated carbocycles. The highest BCUT2D eigenvalue weighted by atomic mass is 16.4. The number of carbonyl (C=O) groups excluding carboxylic acids is 3. The van der Waals surface area contributed by atoms with Gasteiger partial charge in [0.1, 0.15) is 18.1 Å². The fourth-order valence-corrected chi connectivity index (χ4v) is 2.90. The van der Waals surface area contributed by atoms with Crippen LogP contribution in [0.2, 0.25) is 0 Å². The number of benzene rings is 1. The highest BCUT2D eigenvalue weighted by molar-refractivity contribution is 5.94. The molecule has 0 saturated heterocycles. The van der Waals surface area contributed by atoms with Crippen LogP contribution in [-0.4, -0.2) is 53.0 Å². The van der Waals surface area contributed by atoms with Crippen molar-refractivity contribution in [3.63, 3.8) is 0 Å². The zero-order valence-corrected chi connectivity index (χ0v) is 18.7. The van der Waals surface area contributed by atoms with Crippen molar-refractivity contribution in [2.75, 3.05) is 0 Å². The molecular weight excluding hydrogens is 400 g/mol. The molecule has 9 heteroatoms. The minimum Gasteiger partial charge on any atom is -0.480 e. The Hall–Kier alpha value is -2.94. The number of hydrogen-bond acceptors (Lipinski definition) is 5. The summed E-state index contributed by atoms with van der Waals surface area (Å²) in [6, 6.07) is 5.52. The van der Waals surface area contributed by atoms with Crippen LogP contribution in [-0.2, 0) is 25.6 Å². The summed E-state index contributed by atoms with van der Waals surface area (Å²) in [5, 5.41) is 16.7. The molecule has 0 fully saturated rings. The molecule has 0 spiro atoms. The quantitative estimate of drug-likeness (QED) is 0.341. The standard InChI is InChI=1S/C22H34N4O5/c1-12(2)17(20(28)24-14(5)22(30)31)26-21(29)18(13(3)4)25-19(27)16(23)11-15-9-7-6-8-10-15/h6-10,12-14,16-18H,11,23H2,1-5H3,(H,24,28)(H,25,27)(H,26,29)(H,30,31). The first kappa shape index (κ1) is 26.1. The molecule has 6 N–H and O–H groups in total. The van der Waals surface area contributed by atoms with Gasteiger partial charge in [0.25, 0.3) is 0 Å². The Bertz CT molecular complexity index is 766. The lowest BCUT2D eigenvalue weighted by atomic mass is 9.98. The molecule has 3 amide bonds. The fourth-order valence-electron chi connectivity index (χ4n) is 2.90. The SMILES string of the molecule is CC(NC(=O)C(NC(=O)C(NC(=O)C(N)Cc1ccccc1)C(C)C)C(C)C)C(=O)O. The Morgan fingerprint density at radius 1 is 0.806 bits per heavy atom. The topological polar surface area (TPSA) is 151 Å². The van der Waals surface area contributed by atoms with Crippen molar-refractivity contribution < 1.29 is 24.3 Å². The van der Waals surface area contributed by atoms with Crippen LogP contribution in [0, 0.1) is 11.8 Å². The zero-order valence-electron chi connectivity index (χ0n) is 18.7. The van der Waals surface area contributed by atoms with Gasteiger partial charge in [-0.2, -0.15) is 0 Å². The van der Waals surface area contributed by atoms with Crippen molar-refractivity contribution in [3.05, 3.63) is 35.9 Å². The van der Waals surface area contributed by atoms with Crippen molar-refractivity contribution in [2.45, 2.75) is 65.2 Å². The van der Waals surface area contributed by atoms with E-state index in [1.54, 1.807) is 27.7 Å². The number of amides is 3. The third-order valence-corrected chi connectivity index (χ3v) is 4.86. The summed E-state index contributed by atoms with van der Waals surface area (Å²) in [5.74, 6) is -3.35. The van der Waals surface area contributed by atoms with Gasteiger partial charge in [-0.25, -0.2) is 0 Å². The number of carboxylic acid groups (broad SMARTS) is 1. The predicted molar refractivity (Wildman–Crippen MR) is 117 cm³/mol. The van der Waals surface area contributed by atoms with Gasteiger partial charge in [0.15, 0.2) is 0 Å². The van der Waals surface area contributed by atoms with Crippen LogP contribution in [0.3, 0.4) is 0 Å². The molecule has 0 heterocycles. The van der Waals surface area contributed by atoms with Crippen molar-refractivity contribution in [3.8, 4) is 0 Å². The number of nitrogens with two attached hydrogens (primary N) is 1. The number of aliphatic carboxylic acids is 1. The number of rotatable bonds is 11. The molecule has 0 aliphatic heterocycles. The summed E-state index contributed by atoms with van der Waals surface area (Å²) in [4.78, 5) is 48.9. The Balaban J connectivity index is 2.83. The molecule has 1 aromatic rings. The van der Waals surface area contributed by atoms with Crippen LogP contribution in [0.1, 0.15) is 40.2 Å². The highest BCUT2D eigenvalue weighted by Crippen LogP contribution is 2.08. The first-order chi connectivity index (χ1) is 14.4. The number of carboxylic acids is 1. The average Bonchev–Trinajstić information content (AvgIpc) is 2.69. The summed E-state index contributed by atoms with van der Waals surface area (Å²) in [6.07, 6.45) is 0.323. The molecule has 31 heavy (non-hydrogen) atoms. The van der Waals surface area contributed by atoms with Gasteiger partial charge in [-0.1, -0.05) is 58.0 Å². The van der Waals surface area contributed by atoms with Crippen molar-refractivity contribution in [1.82, 2.24) is 16.0 Å². The maximum absolute atomic E-state index is 12.9. The normalized spacial score (nSPS) is 15.0. The lowest BCUT2D eigenvalue weighted by Gasteiger charge is -2.28. The van der Waals surface area contributed by atoms with Gasteiger partial charge >= 0.3 is 5.97 Å². The van der Waals surface area contributed by atoms with E-state index < -0.39 is 47.9 Å². The van der Waals surface area contributed by atoms with Crippen molar-refractivity contribution >= 4 is 23.7 Å². The van der Waals surface area contributed by atoms with Crippen LogP contribution < -0.4 is 21.7 Å². The minimum absolute atomic E-state index is 0.262. The minimum atomic E-state index is -1.18. The molecular formula is C22H34N4O5. The molecule has 4 unspecified atom stereocenters. The Labute approximate surface area is 183 Å². The van der Waals surface area contributed by atoms with Gasteiger partial charge in [-0.15, -0.1) is 0 Å². The van der Waals surface area contributed by atoms with Gasteiger partial charge < -0.3 is 26.8 Å². The van der Waals surface area contributed by atoms with E-state index in [1.165, 1.54) is 6.92 Å². The van der Waals surface area contributed by atoms with E-state index in [0.29, 0.717) is 6.42 Å². The van der Waals surface area contributed by atoms with Crippen LogP contribution in [0.15, 0.2) is 30.3 Å². The number of hydrogen-bond donors (Lipinski definition) is 5. The number of carbonyl (C=O) groups is 4. The second kappa shape index (κ2) is 12.0. The summed E-state index contributed by atoms with van der Waals surface area (Å²) in [7, 11) is 0. The van der Waals surface area contributed by atoms with E-state index in [4.69, 9.17) is 10.8 Å². The van der Waals surface area contributed by atoms with Gasteiger partial charge in [-0.05, 0) is 30.7 Å². The average molecular weight is 435 g/mol. The van der Waals surface area contributed by atoms with Crippen LogP contribution in [0.25, 0.3) is 0 Å². The largest absolute Gasteiger partial charge is 0.480 e. The number of nitrogens with one attached hydrogen (secondary N) is 3. The molecule has 1 aromatic carbocycles. The molecule has 9 nitrogen and oxygen atoms in total. The van der Waals surface area contributed by atoms with E-state index >= 15 is 0 Å². The van der Waals surface area contributed by atoms with E-state index in [0.717, 1.165) is 5.56 Å². The summed E-state index contributed by atoms with van der Waals surface area (Å²) >= 11 is 0. The summed E-state index contributed by atoms with van der Waals surface area (Å²) in [5.41, 5.74) is 6.92. The summed E-state index contributed by atoms with van der Waals surface area (Å²) in [6.45, 7) is 8.34. The second-order valence-corrected chi connectivity index (χ2v) is 8.33. The molecule has 0 aliphatic carbocycles. The highest BCUT2D eigenvalue weighted by Gasteiger charge is 2.32. The smallest absolute Gasteiger partial charge is 0.325 e. The first-order valence-corrected chi connectivity index (χ1v) is 10.4. The molecule has 0 bridgehead atoms. The molecule has 0 radical (unpaired) electrons. The maximum atomic E-state index is 12.9. The van der Waals surface area contributed by atoms with E-state index in [1.807, 2.05) is 30.3 Å². The first-order valence-electron chi connectivity index (χ1n) is 10.4. The van der Waals surface area contributed by atoms with E-state index in [9.17, 15) is 19.2 Å². The molecule has 172 valence electrons. The van der Waals surface area contributed by atoms with Crippen LogP contribution in [0.5, 0.6) is 0 Å². The van der Waals surface area contributed by atoms with Gasteiger partial charge in [-0.3, -0.25) is 19.2 Å². The second-order valence-electron chi connectivity index (χ2n) is 8.33. The Morgan fingerprint density at radius 2 is 1.26 bits per heavy atom. The predicted octanol–water partition coefficient (Wildman–Crippen LogP) is 0.427. The summed E-state index contributed by atoms with van der Waals surface area (Å²) < 4.78 is 0. The lowest BCUT2D eigenvalue weighted by Crippen LogP contribution is -2.59. The van der Waals surface area contributed by atoms with Gasteiger partial charge in [0.05, 0.1) is 6.04 Å². The third kappa shape index (κ3) is 8.37.